The van der Waals surface area contributed by atoms with Crippen molar-refractivity contribution in [2.75, 3.05) is 13.7 Å². The third-order valence-corrected chi connectivity index (χ3v) is 3.46. The summed E-state index contributed by atoms with van der Waals surface area (Å²) in [6.07, 6.45) is 0.394. The van der Waals surface area contributed by atoms with Gasteiger partial charge in [-0.25, -0.2) is 0 Å². The Morgan fingerprint density at radius 3 is 2.31 bits per heavy atom. The fraction of sp³-hybridized carbons (Fsp3) is 0.500. The third-order valence-electron chi connectivity index (χ3n) is 2.54. The van der Waals surface area contributed by atoms with Gasteiger partial charge in [0.05, 0.1) is 6.10 Å². The Kier molecular flexibility index (Phi) is 5.97. The zero-order chi connectivity index (χ0) is 12.1. The number of aliphatic hydroxyl groups excluding tert-OH is 1. The number of ether oxygens (including phenoxy) is 1. The van der Waals surface area contributed by atoms with Crippen LogP contribution in [0.15, 0.2) is 27.1 Å². The molecule has 0 amide bonds. The van der Waals surface area contributed by atoms with E-state index in [1.54, 1.807) is 7.11 Å². The third kappa shape index (κ3) is 4.17. The summed E-state index contributed by atoms with van der Waals surface area (Å²) in [4.78, 5) is 0. The molecule has 1 aromatic carbocycles. The summed E-state index contributed by atoms with van der Waals surface area (Å²) >= 11 is 6.83. The van der Waals surface area contributed by atoms with Crippen molar-refractivity contribution < 1.29 is 9.84 Å². The highest BCUT2D eigenvalue weighted by atomic mass is 79.9. The van der Waals surface area contributed by atoms with Gasteiger partial charge < -0.3 is 9.84 Å². The highest BCUT2D eigenvalue weighted by molar-refractivity contribution is 9.11. The standard InChI is InChI=1S/C12H16Br2O2/c1-8(3-4-16-2)12(15)9-5-10(13)7-11(14)6-9/h5-8,12,15H,3-4H2,1-2H3. The summed E-state index contributed by atoms with van der Waals surface area (Å²) in [5.41, 5.74) is 0.921. The van der Waals surface area contributed by atoms with Crippen LogP contribution in [0.25, 0.3) is 0 Å². The number of hydrogen-bond acceptors (Lipinski definition) is 2. The van der Waals surface area contributed by atoms with Crippen molar-refractivity contribution in [2.45, 2.75) is 19.4 Å². The smallest absolute Gasteiger partial charge is 0.0817 e. The molecule has 0 bridgehead atoms. The van der Waals surface area contributed by atoms with Crippen molar-refractivity contribution in [3.8, 4) is 0 Å². The van der Waals surface area contributed by atoms with Crippen LogP contribution in [0.5, 0.6) is 0 Å². The lowest BCUT2D eigenvalue weighted by molar-refractivity contribution is 0.0885. The Balaban J connectivity index is 2.74. The Bertz CT molecular complexity index is 322. The van der Waals surface area contributed by atoms with Gasteiger partial charge in [0.2, 0.25) is 0 Å². The van der Waals surface area contributed by atoms with Crippen LogP contribution >= 0.6 is 31.9 Å². The minimum absolute atomic E-state index is 0.182. The zero-order valence-corrected chi connectivity index (χ0v) is 12.6. The summed E-state index contributed by atoms with van der Waals surface area (Å²) in [7, 11) is 1.68. The molecule has 0 aliphatic rings. The first-order valence-corrected chi connectivity index (χ1v) is 6.76. The van der Waals surface area contributed by atoms with E-state index in [1.807, 2.05) is 25.1 Å². The fourth-order valence-corrected chi connectivity index (χ4v) is 2.87. The van der Waals surface area contributed by atoms with E-state index in [2.05, 4.69) is 31.9 Å². The second-order valence-corrected chi connectivity index (χ2v) is 5.74. The normalized spacial score (nSPS) is 14.8. The summed E-state index contributed by atoms with van der Waals surface area (Å²) in [6, 6.07) is 5.84. The highest BCUT2D eigenvalue weighted by Gasteiger charge is 2.16. The quantitative estimate of drug-likeness (QED) is 0.871. The van der Waals surface area contributed by atoms with E-state index in [0.717, 1.165) is 20.9 Å². The lowest BCUT2D eigenvalue weighted by Gasteiger charge is -2.19. The van der Waals surface area contributed by atoms with Gasteiger partial charge in [-0.05, 0) is 36.1 Å². The molecule has 4 heteroatoms. The highest BCUT2D eigenvalue weighted by Crippen LogP contribution is 2.29. The first kappa shape index (κ1) is 14.2. The molecule has 1 rings (SSSR count). The van der Waals surface area contributed by atoms with Crippen LogP contribution in [0, 0.1) is 5.92 Å². The van der Waals surface area contributed by atoms with E-state index >= 15 is 0 Å². The van der Waals surface area contributed by atoms with Crippen molar-refractivity contribution in [1.29, 1.82) is 0 Å². The van der Waals surface area contributed by atoms with E-state index in [0.29, 0.717) is 6.61 Å². The van der Waals surface area contributed by atoms with E-state index in [4.69, 9.17) is 4.74 Å². The van der Waals surface area contributed by atoms with Crippen LogP contribution in [0.1, 0.15) is 25.0 Å². The number of hydrogen-bond donors (Lipinski definition) is 1. The van der Waals surface area contributed by atoms with Crippen LogP contribution in [0.3, 0.4) is 0 Å². The monoisotopic (exact) mass is 350 g/mol. The Morgan fingerprint density at radius 1 is 1.25 bits per heavy atom. The number of aliphatic hydroxyl groups is 1. The SMILES string of the molecule is COCCC(C)C(O)c1cc(Br)cc(Br)c1. The van der Waals surface area contributed by atoms with Crippen molar-refractivity contribution in [1.82, 2.24) is 0 Å². The number of methoxy groups -OCH3 is 1. The van der Waals surface area contributed by atoms with Gasteiger partial charge >= 0.3 is 0 Å². The summed E-state index contributed by atoms with van der Waals surface area (Å²) in [5, 5.41) is 10.2. The van der Waals surface area contributed by atoms with Crippen LogP contribution in [0.2, 0.25) is 0 Å². The Labute approximate surface area is 113 Å². The van der Waals surface area contributed by atoms with E-state index < -0.39 is 6.10 Å². The average Bonchev–Trinajstić information content (AvgIpc) is 2.23. The molecule has 2 unspecified atom stereocenters. The van der Waals surface area contributed by atoms with Gasteiger partial charge in [-0.1, -0.05) is 38.8 Å². The van der Waals surface area contributed by atoms with Crippen molar-refractivity contribution in [3.63, 3.8) is 0 Å². The molecule has 0 aliphatic heterocycles. The maximum Gasteiger partial charge on any atom is 0.0817 e. The molecule has 0 radical (unpaired) electrons. The molecular formula is C12H16Br2O2. The molecule has 1 aromatic rings. The second-order valence-electron chi connectivity index (χ2n) is 3.91. The van der Waals surface area contributed by atoms with Crippen LogP contribution < -0.4 is 0 Å². The lowest BCUT2D eigenvalue weighted by atomic mass is 9.95. The molecule has 1 N–H and O–H groups in total. The molecule has 16 heavy (non-hydrogen) atoms. The predicted octanol–water partition coefficient (Wildman–Crippen LogP) is 3.92. The molecule has 0 saturated carbocycles. The second kappa shape index (κ2) is 6.74. The molecule has 0 heterocycles. The summed E-state index contributed by atoms with van der Waals surface area (Å²) in [6.45, 7) is 2.70. The minimum atomic E-state index is -0.455. The fourth-order valence-electron chi connectivity index (χ4n) is 1.54. The van der Waals surface area contributed by atoms with Gasteiger partial charge in [0.25, 0.3) is 0 Å². The average molecular weight is 352 g/mol. The molecule has 0 aliphatic carbocycles. The summed E-state index contributed by atoms with van der Waals surface area (Å²) < 4.78 is 6.95. The number of halogens is 2. The maximum absolute atomic E-state index is 10.2. The first-order valence-electron chi connectivity index (χ1n) is 5.17. The van der Waals surface area contributed by atoms with Crippen molar-refractivity contribution >= 4 is 31.9 Å². The van der Waals surface area contributed by atoms with Crippen LogP contribution in [0.4, 0.5) is 0 Å². The topological polar surface area (TPSA) is 29.5 Å². The molecule has 0 spiro atoms. The minimum Gasteiger partial charge on any atom is -0.388 e. The maximum atomic E-state index is 10.2. The number of rotatable bonds is 5. The molecule has 90 valence electrons. The molecule has 2 nitrogen and oxygen atoms in total. The van der Waals surface area contributed by atoms with Gasteiger partial charge in [0, 0.05) is 22.7 Å². The van der Waals surface area contributed by atoms with E-state index in [-0.39, 0.29) is 5.92 Å². The van der Waals surface area contributed by atoms with Gasteiger partial charge in [-0.15, -0.1) is 0 Å². The van der Waals surface area contributed by atoms with Gasteiger partial charge in [0.1, 0.15) is 0 Å². The Morgan fingerprint density at radius 2 is 1.81 bits per heavy atom. The molecule has 0 fully saturated rings. The van der Waals surface area contributed by atoms with Crippen molar-refractivity contribution in [2.24, 2.45) is 5.92 Å². The molecular weight excluding hydrogens is 336 g/mol. The largest absolute Gasteiger partial charge is 0.388 e. The molecule has 2 atom stereocenters. The van der Waals surface area contributed by atoms with Gasteiger partial charge in [0.15, 0.2) is 0 Å². The van der Waals surface area contributed by atoms with E-state index in [9.17, 15) is 5.11 Å². The van der Waals surface area contributed by atoms with Gasteiger partial charge in [-0.2, -0.15) is 0 Å². The van der Waals surface area contributed by atoms with E-state index in [1.165, 1.54) is 0 Å². The zero-order valence-electron chi connectivity index (χ0n) is 9.41. The predicted molar refractivity (Wildman–Crippen MR) is 72.5 cm³/mol. The molecule has 0 aromatic heterocycles. The van der Waals surface area contributed by atoms with Gasteiger partial charge in [-0.3, -0.25) is 0 Å². The summed E-state index contributed by atoms with van der Waals surface area (Å²) in [5.74, 6) is 0.182. The Hall–Kier alpha value is 0.1000. The van der Waals surface area contributed by atoms with Crippen LogP contribution in [-0.4, -0.2) is 18.8 Å². The first-order chi connectivity index (χ1) is 7.54. The molecule has 0 saturated heterocycles. The number of benzene rings is 1. The van der Waals surface area contributed by atoms with Crippen molar-refractivity contribution in [3.05, 3.63) is 32.7 Å². The van der Waals surface area contributed by atoms with Crippen LogP contribution in [-0.2, 0) is 4.74 Å². The lowest BCUT2D eigenvalue weighted by Crippen LogP contribution is -2.11.